The fraction of sp³-hybridized carbons (Fsp3) is 0.200. The minimum absolute atomic E-state index is 0.0200. The van der Waals surface area contributed by atoms with Gasteiger partial charge in [0.2, 0.25) is 5.95 Å². The minimum Gasteiger partial charge on any atom is -0.389 e. The molecule has 198 valence electrons. The predicted molar refractivity (Wildman–Crippen MR) is 156 cm³/mol. The van der Waals surface area contributed by atoms with Crippen LogP contribution in [0.15, 0.2) is 79.0 Å². The fourth-order valence-electron chi connectivity index (χ4n) is 4.27. The van der Waals surface area contributed by atoms with Crippen LogP contribution in [-0.4, -0.2) is 43.5 Å². The molecule has 5 aromatic rings. The molecule has 0 saturated heterocycles. The lowest BCUT2D eigenvalue weighted by Gasteiger charge is -2.20. The summed E-state index contributed by atoms with van der Waals surface area (Å²) in [5, 5.41) is 16.7. The normalized spacial score (nSPS) is 11.5. The van der Waals surface area contributed by atoms with Crippen LogP contribution >= 0.6 is 11.3 Å². The Morgan fingerprint density at radius 3 is 2.56 bits per heavy atom. The molecule has 8 nitrogen and oxygen atoms in total. The monoisotopic (exact) mass is 539 g/mol. The van der Waals surface area contributed by atoms with Gasteiger partial charge >= 0.3 is 0 Å². The lowest BCUT2D eigenvalue weighted by atomic mass is 10.1. The van der Waals surface area contributed by atoms with Gasteiger partial charge in [-0.15, -0.1) is 11.3 Å². The number of pyridine rings is 1. The molecule has 0 saturated carbocycles. The molecule has 2 aromatic carbocycles. The van der Waals surface area contributed by atoms with E-state index in [0.717, 1.165) is 27.3 Å². The van der Waals surface area contributed by atoms with Gasteiger partial charge in [-0.25, -0.2) is 4.98 Å². The van der Waals surface area contributed by atoms with Crippen LogP contribution in [0.25, 0.3) is 21.5 Å². The Balaban J connectivity index is 1.38. The zero-order valence-corrected chi connectivity index (χ0v) is 22.7. The Kier molecular flexibility index (Phi) is 7.28. The number of amides is 1. The molecule has 0 fully saturated rings. The number of nitrogens with zero attached hydrogens (tertiary/aromatic N) is 3. The van der Waals surface area contributed by atoms with Gasteiger partial charge in [-0.2, -0.15) is 0 Å². The molecule has 3 N–H and O–H groups in total. The van der Waals surface area contributed by atoms with Crippen molar-refractivity contribution in [1.82, 2.24) is 14.5 Å². The summed E-state index contributed by atoms with van der Waals surface area (Å²) < 4.78 is 1.80. The van der Waals surface area contributed by atoms with E-state index in [9.17, 15) is 14.7 Å². The number of anilines is 2. The van der Waals surface area contributed by atoms with Crippen molar-refractivity contribution in [1.29, 1.82) is 0 Å². The first-order valence-electron chi connectivity index (χ1n) is 12.6. The van der Waals surface area contributed by atoms with E-state index < -0.39 is 5.60 Å². The van der Waals surface area contributed by atoms with Crippen LogP contribution in [0.3, 0.4) is 0 Å². The zero-order chi connectivity index (χ0) is 27.6. The van der Waals surface area contributed by atoms with Crippen LogP contribution in [-0.2, 0) is 6.54 Å². The Bertz CT molecular complexity index is 1650. The maximum absolute atomic E-state index is 13.2. The molecule has 0 aliphatic carbocycles. The van der Waals surface area contributed by atoms with Gasteiger partial charge in [0, 0.05) is 28.0 Å². The molecule has 0 bridgehead atoms. The second-order valence-corrected chi connectivity index (χ2v) is 11.1. The van der Waals surface area contributed by atoms with E-state index in [1.807, 2.05) is 61.5 Å². The summed E-state index contributed by atoms with van der Waals surface area (Å²) >= 11 is 1.39. The molecule has 0 radical (unpaired) electrons. The predicted octanol–water partition coefficient (Wildman–Crippen LogP) is 5.79. The van der Waals surface area contributed by atoms with Crippen molar-refractivity contribution < 1.29 is 14.7 Å². The van der Waals surface area contributed by atoms with E-state index in [1.54, 1.807) is 42.8 Å². The topological polar surface area (TPSA) is 109 Å². The maximum atomic E-state index is 13.2. The van der Waals surface area contributed by atoms with E-state index in [-0.39, 0.29) is 24.8 Å². The SMILES string of the molecule is Cc1cc(-c2ccc(C(=O)Nc3nc4cc(NCC(=O)c5ccccc5)ccc4n3CC(C)(C)O)s2)ccn1. The number of imidazole rings is 1. The lowest BCUT2D eigenvalue weighted by molar-refractivity contribution is 0.0630. The third-order valence-corrected chi connectivity index (χ3v) is 7.21. The number of thiophene rings is 1. The van der Waals surface area contributed by atoms with E-state index in [2.05, 4.69) is 20.6 Å². The van der Waals surface area contributed by atoms with Gasteiger partial charge in [-0.05, 0) is 68.8 Å². The second-order valence-electron chi connectivity index (χ2n) is 9.98. The van der Waals surface area contributed by atoms with Gasteiger partial charge in [0.15, 0.2) is 5.78 Å². The number of carbonyl (C=O) groups excluding carboxylic acids is 2. The number of aryl methyl sites for hydroxylation is 1. The maximum Gasteiger partial charge on any atom is 0.268 e. The molecule has 5 rings (SSSR count). The lowest BCUT2D eigenvalue weighted by Crippen LogP contribution is -2.27. The molecule has 0 unspecified atom stereocenters. The van der Waals surface area contributed by atoms with E-state index in [4.69, 9.17) is 0 Å². The first kappa shape index (κ1) is 26.3. The number of hydrogen-bond acceptors (Lipinski definition) is 7. The fourth-order valence-corrected chi connectivity index (χ4v) is 5.17. The van der Waals surface area contributed by atoms with Crippen molar-refractivity contribution in [2.24, 2.45) is 0 Å². The van der Waals surface area contributed by atoms with Gasteiger partial charge < -0.3 is 15.0 Å². The first-order valence-corrected chi connectivity index (χ1v) is 13.4. The van der Waals surface area contributed by atoms with Crippen molar-refractivity contribution in [3.05, 3.63) is 95.1 Å². The third kappa shape index (κ3) is 6.22. The molecule has 9 heteroatoms. The van der Waals surface area contributed by atoms with E-state index in [1.165, 1.54) is 11.3 Å². The van der Waals surface area contributed by atoms with Gasteiger partial charge in [0.1, 0.15) is 0 Å². The van der Waals surface area contributed by atoms with Gasteiger partial charge in [0.05, 0.1) is 34.6 Å². The van der Waals surface area contributed by atoms with E-state index >= 15 is 0 Å². The number of ketones is 1. The average Bonchev–Trinajstić information content (AvgIpc) is 3.52. The van der Waals surface area contributed by atoms with Gasteiger partial charge in [-0.3, -0.25) is 19.9 Å². The van der Waals surface area contributed by atoms with E-state index in [0.29, 0.717) is 21.9 Å². The van der Waals surface area contributed by atoms with Crippen LogP contribution < -0.4 is 10.6 Å². The highest BCUT2D eigenvalue weighted by Crippen LogP contribution is 2.30. The average molecular weight is 540 g/mol. The number of nitrogens with one attached hydrogen (secondary N) is 2. The smallest absolute Gasteiger partial charge is 0.268 e. The zero-order valence-electron chi connectivity index (χ0n) is 21.9. The summed E-state index contributed by atoms with van der Waals surface area (Å²) in [5.41, 5.74) is 3.63. The summed E-state index contributed by atoms with van der Waals surface area (Å²) in [6.45, 7) is 5.71. The highest BCUT2D eigenvalue weighted by Gasteiger charge is 2.22. The molecule has 39 heavy (non-hydrogen) atoms. The largest absolute Gasteiger partial charge is 0.389 e. The Morgan fingerprint density at radius 1 is 1.03 bits per heavy atom. The van der Waals surface area contributed by atoms with Crippen LogP contribution in [0.1, 0.15) is 39.6 Å². The summed E-state index contributed by atoms with van der Waals surface area (Å²) in [6.07, 6.45) is 1.75. The molecule has 0 aliphatic rings. The highest BCUT2D eigenvalue weighted by molar-refractivity contribution is 7.17. The Hall–Kier alpha value is -4.34. The number of benzene rings is 2. The van der Waals surface area contributed by atoms with Gasteiger partial charge in [-0.1, -0.05) is 30.3 Å². The number of Topliss-reactive ketones (excluding diaryl/α,β-unsaturated/α-hetero) is 1. The van der Waals surface area contributed by atoms with Crippen molar-refractivity contribution in [2.45, 2.75) is 32.9 Å². The molecule has 1 amide bonds. The minimum atomic E-state index is -1.04. The molecular weight excluding hydrogens is 510 g/mol. The van der Waals surface area contributed by atoms with Crippen LogP contribution in [0.4, 0.5) is 11.6 Å². The Morgan fingerprint density at radius 2 is 1.82 bits per heavy atom. The summed E-state index contributed by atoms with van der Waals surface area (Å²) in [5.74, 6) is 0.0360. The molecule has 0 spiro atoms. The first-order chi connectivity index (χ1) is 18.7. The Labute approximate surface area is 230 Å². The van der Waals surface area contributed by atoms with Crippen LogP contribution in [0.2, 0.25) is 0 Å². The molecule has 3 aromatic heterocycles. The number of aromatic nitrogens is 3. The van der Waals surface area contributed by atoms with Crippen molar-refractivity contribution in [3.63, 3.8) is 0 Å². The third-order valence-electron chi connectivity index (χ3n) is 6.08. The number of fused-ring (bicyclic) bond motifs is 1. The quantitative estimate of drug-likeness (QED) is 0.205. The highest BCUT2D eigenvalue weighted by atomic mass is 32.1. The number of carbonyl (C=O) groups is 2. The molecule has 3 heterocycles. The molecular formula is C30H29N5O3S. The standard InChI is InChI=1S/C30H29N5O3S/c1-19-15-21(13-14-31-19)26-11-12-27(39-26)28(37)34-29-33-23-16-22(9-10-24(23)35(29)18-30(2,3)38)32-17-25(36)20-7-5-4-6-8-20/h4-16,32,38H,17-18H2,1-3H3,(H,33,34,37). The number of hydrogen-bond donors (Lipinski definition) is 3. The van der Waals surface area contributed by atoms with Crippen molar-refractivity contribution in [3.8, 4) is 10.4 Å². The van der Waals surface area contributed by atoms with Gasteiger partial charge in [0.25, 0.3) is 5.91 Å². The summed E-state index contributed by atoms with van der Waals surface area (Å²) in [4.78, 5) is 36.1. The van der Waals surface area contributed by atoms with Crippen molar-refractivity contribution in [2.75, 3.05) is 17.2 Å². The van der Waals surface area contributed by atoms with Crippen LogP contribution in [0, 0.1) is 6.92 Å². The number of rotatable bonds is 9. The summed E-state index contributed by atoms with van der Waals surface area (Å²) in [7, 11) is 0. The van der Waals surface area contributed by atoms with Crippen molar-refractivity contribution >= 4 is 45.7 Å². The van der Waals surface area contributed by atoms with Crippen LogP contribution in [0.5, 0.6) is 0 Å². The molecule has 0 aliphatic heterocycles. The summed E-state index contributed by atoms with van der Waals surface area (Å²) in [6, 6.07) is 22.3. The molecule has 0 atom stereocenters. The second kappa shape index (κ2) is 10.8. The number of aliphatic hydroxyl groups is 1.